The largest absolute Gasteiger partial charge is 0.466 e. The highest BCUT2D eigenvalue weighted by Crippen LogP contribution is 2.38. The molecule has 0 radical (unpaired) electrons. The van der Waals surface area contributed by atoms with Crippen molar-refractivity contribution in [3.63, 3.8) is 0 Å². The van der Waals surface area contributed by atoms with Crippen molar-refractivity contribution in [3.05, 3.63) is 15.2 Å². The molecule has 8 heteroatoms. The highest BCUT2D eigenvalue weighted by Gasteiger charge is 2.21. The molecule has 0 amide bonds. The summed E-state index contributed by atoms with van der Waals surface area (Å²) in [6.45, 7) is 1.47. The Labute approximate surface area is 113 Å². The zero-order valence-electron chi connectivity index (χ0n) is 8.96. The summed E-state index contributed by atoms with van der Waals surface area (Å²) in [7, 11) is 1.24. The van der Waals surface area contributed by atoms with Crippen molar-refractivity contribution in [1.29, 1.82) is 0 Å². The SMILES string of the molecule is COC(=O)[C@@H](C)Oc1nc(Cl)c(Cl)c(N)c1Cl. The molecule has 1 heterocycles. The maximum Gasteiger partial charge on any atom is 0.346 e. The second-order valence-corrected chi connectivity index (χ2v) is 4.15. The van der Waals surface area contributed by atoms with E-state index in [1.54, 1.807) is 0 Å². The second-order valence-electron chi connectivity index (χ2n) is 3.03. The Morgan fingerprint density at radius 2 is 1.94 bits per heavy atom. The number of hydrogen-bond acceptors (Lipinski definition) is 5. The number of hydrogen-bond donors (Lipinski definition) is 1. The molecule has 0 aliphatic heterocycles. The summed E-state index contributed by atoms with van der Waals surface area (Å²) in [5.41, 5.74) is 5.63. The highest BCUT2D eigenvalue weighted by atomic mass is 35.5. The van der Waals surface area contributed by atoms with Gasteiger partial charge in [0.1, 0.15) is 10.0 Å². The van der Waals surface area contributed by atoms with Crippen LogP contribution in [0.1, 0.15) is 6.92 Å². The fourth-order valence-corrected chi connectivity index (χ4v) is 1.51. The van der Waals surface area contributed by atoms with Crippen LogP contribution in [0.25, 0.3) is 0 Å². The molecule has 0 aromatic carbocycles. The molecule has 5 nitrogen and oxygen atoms in total. The Kier molecular flexibility index (Phi) is 4.68. The summed E-state index contributed by atoms with van der Waals surface area (Å²) in [6, 6.07) is 0. The van der Waals surface area contributed by atoms with Gasteiger partial charge in [0, 0.05) is 0 Å². The number of nitrogens with zero attached hydrogens (tertiary/aromatic N) is 1. The van der Waals surface area contributed by atoms with E-state index in [2.05, 4.69) is 9.72 Å². The first-order chi connectivity index (χ1) is 7.88. The molecule has 0 saturated carbocycles. The summed E-state index contributed by atoms with van der Waals surface area (Å²) in [5, 5.41) is -0.0227. The van der Waals surface area contributed by atoms with Gasteiger partial charge >= 0.3 is 5.97 Å². The molecule has 1 atom stereocenters. The maximum atomic E-state index is 11.2. The van der Waals surface area contributed by atoms with E-state index in [1.807, 2.05) is 0 Å². The first kappa shape index (κ1) is 14.2. The number of methoxy groups -OCH3 is 1. The quantitative estimate of drug-likeness (QED) is 0.686. The number of ether oxygens (including phenoxy) is 2. The zero-order valence-corrected chi connectivity index (χ0v) is 11.2. The summed E-state index contributed by atoms with van der Waals surface area (Å²) in [4.78, 5) is 14.9. The molecule has 0 aliphatic carbocycles. The number of aromatic nitrogens is 1. The lowest BCUT2D eigenvalue weighted by atomic mass is 10.4. The summed E-state index contributed by atoms with van der Waals surface area (Å²) in [5.74, 6) is -0.649. The van der Waals surface area contributed by atoms with E-state index >= 15 is 0 Å². The average Bonchev–Trinajstić information content (AvgIpc) is 2.32. The first-order valence-corrected chi connectivity index (χ1v) is 5.56. The minimum atomic E-state index is -0.887. The van der Waals surface area contributed by atoms with Gasteiger partial charge < -0.3 is 15.2 Å². The number of halogens is 3. The molecule has 94 valence electrons. The Balaban J connectivity index is 3.04. The molecule has 0 saturated heterocycles. The van der Waals surface area contributed by atoms with E-state index in [1.165, 1.54) is 14.0 Å². The van der Waals surface area contributed by atoms with E-state index in [9.17, 15) is 4.79 Å². The smallest absolute Gasteiger partial charge is 0.346 e. The minimum absolute atomic E-state index is 0.00449. The van der Waals surface area contributed by atoms with Crippen LogP contribution >= 0.6 is 34.8 Å². The predicted molar refractivity (Wildman–Crippen MR) is 65.8 cm³/mol. The van der Waals surface area contributed by atoms with Gasteiger partial charge in [0.2, 0.25) is 5.88 Å². The molecule has 0 bridgehead atoms. The maximum absolute atomic E-state index is 11.2. The van der Waals surface area contributed by atoms with Gasteiger partial charge in [0.15, 0.2) is 11.3 Å². The van der Waals surface area contributed by atoms with E-state index < -0.39 is 12.1 Å². The van der Waals surface area contributed by atoms with Gasteiger partial charge in [-0.2, -0.15) is 4.98 Å². The van der Waals surface area contributed by atoms with E-state index in [4.69, 9.17) is 45.3 Å². The van der Waals surface area contributed by atoms with Gasteiger partial charge in [-0.25, -0.2) is 4.79 Å². The van der Waals surface area contributed by atoms with Crippen molar-refractivity contribution in [2.75, 3.05) is 12.8 Å². The fourth-order valence-electron chi connectivity index (χ4n) is 0.970. The van der Waals surface area contributed by atoms with Crippen molar-refractivity contribution in [2.45, 2.75) is 13.0 Å². The van der Waals surface area contributed by atoms with Crippen molar-refractivity contribution in [1.82, 2.24) is 4.98 Å². The van der Waals surface area contributed by atoms with Crippen LogP contribution < -0.4 is 10.5 Å². The van der Waals surface area contributed by atoms with Gasteiger partial charge in [0.05, 0.1) is 12.8 Å². The fraction of sp³-hybridized carbons (Fsp3) is 0.333. The van der Waals surface area contributed by atoms with E-state index in [-0.39, 0.29) is 26.8 Å². The monoisotopic (exact) mass is 298 g/mol. The third-order valence-electron chi connectivity index (χ3n) is 1.86. The van der Waals surface area contributed by atoms with Crippen LogP contribution in [0.15, 0.2) is 0 Å². The number of rotatable bonds is 3. The molecule has 2 N–H and O–H groups in total. The number of nitrogen functional groups attached to an aromatic ring is 1. The molecule has 0 spiro atoms. The van der Waals surface area contributed by atoms with Crippen LogP contribution in [-0.2, 0) is 9.53 Å². The Morgan fingerprint density at radius 3 is 2.47 bits per heavy atom. The summed E-state index contributed by atoms with van der Waals surface area (Å²) in [6.07, 6.45) is -0.887. The molecule has 1 aromatic heterocycles. The number of esters is 1. The Hall–Kier alpha value is -0.910. The number of carbonyl (C=O) groups is 1. The lowest BCUT2D eigenvalue weighted by Gasteiger charge is -2.14. The van der Waals surface area contributed by atoms with Crippen molar-refractivity contribution < 1.29 is 14.3 Å². The van der Waals surface area contributed by atoms with Crippen LogP contribution in [0.4, 0.5) is 5.69 Å². The standard InChI is InChI=1S/C9H9Cl3N2O3/c1-3(9(15)16-2)17-8-5(11)6(13)4(10)7(12)14-8/h3H,1-2H3,(H2,13,14)/t3-/m1/s1. The number of nitrogens with two attached hydrogens (primary N) is 1. The van der Waals surface area contributed by atoms with Gasteiger partial charge in [-0.15, -0.1) is 0 Å². The van der Waals surface area contributed by atoms with Crippen molar-refractivity contribution in [3.8, 4) is 5.88 Å². The van der Waals surface area contributed by atoms with Gasteiger partial charge in [0.25, 0.3) is 0 Å². The van der Waals surface area contributed by atoms with Crippen LogP contribution in [0.2, 0.25) is 15.2 Å². The van der Waals surface area contributed by atoms with Crippen LogP contribution in [0, 0.1) is 0 Å². The molecule has 1 rings (SSSR count). The van der Waals surface area contributed by atoms with E-state index in [0.29, 0.717) is 0 Å². The van der Waals surface area contributed by atoms with Gasteiger partial charge in [-0.05, 0) is 6.92 Å². The molecule has 0 fully saturated rings. The lowest BCUT2D eigenvalue weighted by molar-refractivity contribution is -0.148. The molecule has 0 unspecified atom stereocenters. The molecule has 17 heavy (non-hydrogen) atoms. The molecular formula is C9H9Cl3N2O3. The van der Waals surface area contributed by atoms with Crippen LogP contribution in [-0.4, -0.2) is 24.2 Å². The molecule has 0 aliphatic rings. The van der Waals surface area contributed by atoms with Crippen molar-refractivity contribution in [2.24, 2.45) is 0 Å². The topological polar surface area (TPSA) is 74.4 Å². The summed E-state index contributed by atoms with van der Waals surface area (Å²) < 4.78 is 9.66. The number of pyridine rings is 1. The zero-order chi connectivity index (χ0) is 13.2. The highest BCUT2D eigenvalue weighted by molar-refractivity contribution is 6.45. The third kappa shape index (κ3) is 3.06. The second kappa shape index (κ2) is 5.62. The third-order valence-corrected chi connectivity index (χ3v) is 2.98. The van der Waals surface area contributed by atoms with E-state index in [0.717, 1.165) is 0 Å². The number of carbonyl (C=O) groups excluding carboxylic acids is 1. The van der Waals surface area contributed by atoms with Crippen molar-refractivity contribution >= 4 is 46.5 Å². The number of anilines is 1. The minimum Gasteiger partial charge on any atom is -0.466 e. The lowest BCUT2D eigenvalue weighted by Crippen LogP contribution is -2.25. The Morgan fingerprint density at radius 1 is 1.35 bits per heavy atom. The average molecular weight is 300 g/mol. The Bertz CT molecular complexity index is 454. The van der Waals surface area contributed by atoms with Gasteiger partial charge in [-0.1, -0.05) is 34.8 Å². The first-order valence-electron chi connectivity index (χ1n) is 4.43. The van der Waals surface area contributed by atoms with Crippen LogP contribution in [0.3, 0.4) is 0 Å². The predicted octanol–water partition coefficient (Wildman–Crippen LogP) is 2.56. The van der Waals surface area contributed by atoms with Gasteiger partial charge in [-0.3, -0.25) is 0 Å². The molecule has 1 aromatic rings. The summed E-state index contributed by atoms with van der Waals surface area (Å²) >= 11 is 17.3. The van der Waals surface area contributed by atoms with Crippen LogP contribution in [0.5, 0.6) is 5.88 Å². The molecular weight excluding hydrogens is 290 g/mol. The normalized spacial score (nSPS) is 12.1.